The Labute approximate surface area is 65.1 Å². The van der Waals surface area contributed by atoms with Crippen LogP contribution in [0.5, 0.6) is 0 Å². The molecule has 0 saturated heterocycles. The molecule has 48 valence electrons. The van der Waals surface area contributed by atoms with Gasteiger partial charge in [-0.05, 0) is 0 Å². The first-order chi connectivity index (χ1) is 3.55. The Morgan fingerprint density at radius 3 is 2.00 bits per heavy atom. The smallest absolute Gasteiger partial charge is 0.232 e. The van der Waals surface area contributed by atoms with Crippen molar-refractivity contribution in [1.29, 1.82) is 0 Å². The minimum atomic E-state index is -0.339. The Morgan fingerprint density at radius 1 is 1.62 bits per heavy atom. The quantitative estimate of drug-likeness (QED) is 0.725. The molecule has 0 aliphatic rings. The second-order valence-corrected chi connectivity index (χ2v) is 3.91. The molecule has 0 aromatic carbocycles. The van der Waals surface area contributed by atoms with E-state index in [2.05, 4.69) is 31.9 Å². The van der Waals surface area contributed by atoms with Gasteiger partial charge in [0, 0.05) is 4.83 Å². The maximum absolute atomic E-state index is 10.3. The number of carbonyl (C=O) groups excluding carboxylic acids is 1. The van der Waals surface area contributed by atoms with Crippen molar-refractivity contribution in [3.8, 4) is 0 Å². The van der Waals surface area contributed by atoms with E-state index in [1.807, 2.05) is 6.92 Å². The molecule has 2 nitrogen and oxygen atoms in total. The lowest BCUT2D eigenvalue weighted by atomic mass is 10.3. The average Bonchev–Trinajstić information content (AvgIpc) is 1.64. The van der Waals surface area contributed by atoms with E-state index in [1.54, 1.807) is 0 Å². The Morgan fingerprint density at radius 2 is 2.00 bits per heavy atom. The number of carbonyl (C=O) groups is 1. The molecule has 0 saturated carbocycles. The predicted octanol–water partition coefficient (Wildman–Crippen LogP) is 1.02. The van der Waals surface area contributed by atoms with E-state index in [4.69, 9.17) is 5.73 Å². The zero-order valence-corrected chi connectivity index (χ0v) is 7.57. The zero-order chi connectivity index (χ0) is 6.73. The van der Waals surface area contributed by atoms with E-state index in [0.29, 0.717) is 0 Å². The van der Waals surface area contributed by atoms with Gasteiger partial charge in [-0.3, -0.25) is 4.79 Å². The first kappa shape index (κ1) is 8.43. The van der Waals surface area contributed by atoms with Crippen molar-refractivity contribution in [3.05, 3.63) is 0 Å². The molecule has 0 heterocycles. The van der Waals surface area contributed by atoms with Gasteiger partial charge in [-0.1, -0.05) is 38.8 Å². The zero-order valence-electron chi connectivity index (χ0n) is 4.40. The van der Waals surface area contributed by atoms with Gasteiger partial charge in [-0.2, -0.15) is 0 Å². The van der Waals surface area contributed by atoms with Crippen LogP contribution in [0.4, 0.5) is 0 Å². The number of nitrogens with two attached hydrogens (primary N) is 1. The van der Waals surface area contributed by atoms with Crippen LogP contribution in [0.15, 0.2) is 0 Å². The summed E-state index contributed by atoms with van der Waals surface area (Å²) in [7, 11) is 0. The summed E-state index contributed by atoms with van der Waals surface area (Å²) in [6.45, 7) is 1.85. The summed E-state index contributed by atoms with van der Waals surface area (Å²) in [6, 6.07) is 0. The Hall–Kier alpha value is 0.430. The van der Waals surface area contributed by atoms with E-state index in [-0.39, 0.29) is 15.6 Å². The van der Waals surface area contributed by atoms with E-state index >= 15 is 0 Å². The maximum Gasteiger partial charge on any atom is 0.232 e. The third-order valence-corrected chi connectivity index (χ3v) is 3.16. The lowest BCUT2D eigenvalue weighted by Crippen LogP contribution is -2.28. The van der Waals surface area contributed by atoms with Crippen molar-refractivity contribution in [2.45, 2.75) is 16.6 Å². The van der Waals surface area contributed by atoms with Gasteiger partial charge in [0.15, 0.2) is 0 Å². The minimum absolute atomic E-state index is 0.0972. The standard InChI is InChI=1S/C4H7Br2NO/c1-2(5)3(6)4(7)8/h2-3H,1H3,(H2,7,8)/t2-,3+/m1/s1. The highest BCUT2D eigenvalue weighted by Crippen LogP contribution is 2.11. The predicted molar refractivity (Wildman–Crippen MR) is 40.3 cm³/mol. The largest absolute Gasteiger partial charge is 0.369 e. The summed E-state index contributed by atoms with van der Waals surface area (Å²) in [5, 5.41) is 0. The van der Waals surface area contributed by atoms with Crippen molar-refractivity contribution >= 4 is 37.8 Å². The molecular formula is C4H7Br2NO. The topological polar surface area (TPSA) is 43.1 Å². The maximum atomic E-state index is 10.3. The highest BCUT2D eigenvalue weighted by molar-refractivity contribution is 9.12. The molecule has 0 spiro atoms. The van der Waals surface area contributed by atoms with E-state index in [1.165, 1.54) is 0 Å². The normalized spacial score (nSPS) is 17.4. The molecule has 2 atom stereocenters. The summed E-state index contributed by atoms with van der Waals surface area (Å²) in [5.74, 6) is -0.339. The summed E-state index contributed by atoms with van der Waals surface area (Å²) in [4.78, 5) is 10.1. The Balaban J connectivity index is 3.64. The fourth-order valence-electron chi connectivity index (χ4n) is 0.226. The molecule has 0 fully saturated rings. The number of hydrogen-bond acceptors (Lipinski definition) is 1. The van der Waals surface area contributed by atoms with Crippen LogP contribution in [0.1, 0.15) is 6.92 Å². The molecule has 0 aliphatic carbocycles. The number of rotatable bonds is 2. The number of amides is 1. The molecule has 0 aromatic heterocycles. The van der Waals surface area contributed by atoms with Gasteiger partial charge in [0.2, 0.25) is 5.91 Å². The van der Waals surface area contributed by atoms with Crippen LogP contribution >= 0.6 is 31.9 Å². The molecule has 0 rings (SSSR count). The van der Waals surface area contributed by atoms with Crippen LogP contribution in [-0.2, 0) is 4.79 Å². The molecule has 0 radical (unpaired) electrons. The first-order valence-electron chi connectivity index (χ1n) is 2.13. The number of halogens is 2. The van der Waals surface area contributed by atoms with Crippen molar-refractivity contribution in [1.82, 2.24) is 0 Å². The summed E-state index contributed by atoms with van der Waals surface area (Å²) < 4.78 is 0. The van der Waals surface area contributed by atoms with Crippen LogP contribution in [0.25, 0.3) is 0 Å². The van der Waals surface area contributed by atoms with Crippen LogP contribution < -0.4 is 5.73 Å². The minimum Gasteiger partial charge on any atom is -0.369 e. The van der Waals surface area contributed by atoms with Crippen LogP contribution in [-0.4, -0.2) is 15.6 Å². The lowest BCUT2D eigenvalue weighted by Gasteiger charge is -2.05. The molecule has 0 unspecified atom stereocenters. The third kappa shape index (κ3) is 2.67. The van der Waals surface area contributed by atoms with Crippen molar-refractivity contribution < 1.29 is 4.79 Å². The van der Waals surface area contributed by atoms with Crippen molar-refractivity contribution in [2.24, 2.45) is 5.73 Å². The van der Waals surface area contributed by atoms with Crippen molar-refractivity contribution in [2.75, 3.05) is 0 Å². The van der Waals surface area contributed by atoms with E-state index in [9.17, 15) is 4.79 Å². The van der Waals surface area contributed by atoms with Gasteiger partial charge < -0.3 is 5.73 Å². The molecule has 2 N–H and O–H groups in total. The Kier molecular flexibility index (Phi) is 3.64. The van der Waals surface area contributed by atoms with E-state index in [0.717, 1.165) is 0 Å². The fourth-order valence-corrected chi connectivity index (χ4v) is 0.487. The number of alkyl halides is 2. The first-order valence-corrected chi connectivity index (χ1v) is 3.96. The lowest BCUT2D eigenvalue weighted by molar-refractivity contribution is -0.117. The van der Waals surface area contributed by atoms with Gasteiger partial charge in [-0.15, -0.1) is 0 Å². The molecular weight excluding hydrogens is 238 g/mol. The van der Waals surface area contributed by atoms with Crippen LogP contribution in [0.3, 0.4) is 0 Å². The van der Waals surface area contributed by atoms with Gasteiger partial charge in [0.25, 0.3) is 0 Å². The fraction of sp³-hybridized carbons (Fsp3) is 0.750. The SMILES string of the molecule is C[C@@H](Br)[C@H](Br)C(N)=O. The van der Waals surface area contributed by atoms with Crippen molar-refractivity contribution in [3.63, 3.8) is 0 Å². The van der Waals surface area contributed by atoms with E-state index < -0.39 is 0 Å². The van der Waals surface area contributed by atoms with Gasteiger partial charge in [0.1, 0.15) is 4.83 Å². The molecule has 0 bridgehead atoms. The second kappa shape index (κ2) is 3.45. The average molecular weight is 245 g/mol. The monoisotopic (exact) mass is 243 g/mol. The number of primary amides is 1. The van der Waals surface area contributed by atoms with Crippen LogP contribution in [0, 0.1) is 0 Å². The molecule has 0 aliphatic heterocycles. The molecule has 8 heavy (non-hydrogen) atoms. The molecule has 0 aromatic rings. The van der Waals surface area contributed by atoms with Gasteiger partial charge >= 0.3 is 0 Å². The Bertz CT molecular complexity index is 94.0. The summed E-state index contributed by atoms with van der Waals surface area (Å²) >= 11 is 6.28. The third-order valence-electron chi connectivity index (χ3n) is 0.675. The highest BCUT2D eigenvalue weighted by Gasteiger charge is 2.15. The summed E-state index contributed by atoms with van der Waals surface area (Å²) in [5.41, 5.74) is 4.92. The van der Waals surface area contributed by atoms with Gasteiger partial charge in [0.05, 0.1) is 0 Å². The molecule has 1 amide bonds. The molecule has 4 heteroatoms. The van der Waals surface area contributed by atoms with Crippen LogP contribution in [0.2, 0.25) is 0 Å². The number of hydrogen-bond donors (Lipinski definition) is 1. The highest BCUT2D eigenvalue weighted by atomic mass is 79.9. The summed E-state index contributed by atoms with van der Waals surface area (Å²) in [6.07, 6.45) is 0. The van der Waals surface area contributed by atoms with Gasteiger partial charge in [-0.25, -0.2) is 0 Å². The second-order valence-electron chi connectivity index (χ2n) is 1.48.